The average molecular weight is 380 g/mol. The second kappa shape index (κ2) is 10.5. The van der Waals surface area contributed by atoms with Gasteiger partial charge in [-0.25, -0.2) is 0 Å². The third kappa shape index (κ3) is 6.40. The second-order valence-corrected chi connectivity index (χ2v) is 7.22. The Kier molecular flexibility index (Phi) is 8.03. The third-order valence-corrected chi connectivity index (χ3v) is 4.75. The molecule has 2 rings (SSSR count). The van der Waals surface area contributed by atoms with Gasteiger partial charge in [0.25, 0.3) is 0 Å². The van der Waals surface area contributed by atoms with Gasteiger partial charge in [0.05, 0.1) is 24.7 Å². The monoisotopic (exact) mass is 379 g/mol. The maximum absolute atomic E-state index is 12.8. The third-order valence-electron chi connectivity index (χ3n) is 4.75. The van der Waals surface area contributed by atoms with Crippen LogP contribution in [0, 0.1) is 25.2 Å². The highest BCUT2D eigenvalue weighted by Crippen LogP contribution is 2.20. The van der Waals surface area contributed by atoms with Crippen LogP contribution in [0.4, 0.5) is 0 Å². The van der Waals surface area contributed by atoms with E-state index in [1.54, 1.807) is 12.1 Å². The van der Waals surface area contributed by atoms with Crippen molar-refractivity contribution in [2.45, 2.75) is 26.8 Å². The molecule has 0 saturated carbocycles. The molecular formula is C23H29N3O2. The molecule has 0 heterocycles. The molecule has 0 bridgehead atoms. The lowest BCUT2D eigenvalue weighted by atomic mass is 10.1. The van der Waals surface area contributed by atoms with Gasteiger partial charge >= 0.3 is 0 Å². The van der Waals surface area contributed by atoms with Gasteiger partial charge in [0.15, 0.2) is 0 Å². The van der Waals surface area contributed by atoms with E-state index < -0.39 is 0 Å². The van der Waals surface area contributed by atoms with Crippen molar-refractivity contribution >= 4 is 5.91 Å². The van der Waals surface area contributed by atoms with E-state index in [9.17, 15) is 4.79 Å². The Bertz CT molecular complexity index is 823. The zero-order chi connectivity index (χ0) is 20.5. The maximum Gasteiger partial charge on any atom is 0.226 e. The summed E-state index contributed by atoms with van der Waals surface area (Å²) >= 11 is 0. The number of likely N-dealkylation sites (N-methyl/N-ethyl adjacent to an activating group) is 1. The molecule has 0 aliphatic carbocycles. The Morgan fingerprint density at radius 2 is 1.79 bits per heavy atom. The van der Waals surface area contributed by atoms with Crippen LogP contribution in [0.2, 0.25) is 0 Å². The topological polar surface area (TPSA) is 56.6 Å². The largest absolute Gasteiger partial charge is 0.493 e. The average Bonchev–Trinajstić information content (AvgIpc) is 2.68. The lowest BCUT2D eigenvalue weighted by Crippen LogP contribution is -2.36. The second-order valence-electron chi connectivity index (χ2n) is 7.22. The number of nitrogens with zero attached hydrogens (tertiary/aromatic N) is 3. The van der Waals surface area contributed by atoms with Crippen molar-refractivity contribution in [3.63, 3.8) is 0 Å². The van der Waals surface area contributed by atoms with Crippen molar-refractivity contribution in [2.75, 3.05) is 33.8 Å². The number of benzene rings is 2. The highest BCUT2D eigenvalue weighted by Gasteiger charge is 2.15. The Morgan fingerprint density at radius 3 is 2.43 bits per heavy atom. The summed E-state index contributed by atoms with van der Waals surface area (Å²) in [4.78, 5) is 16.7. The molecule has 0 spiro atoms. The highest BCUT2D eigenvalue weighted by atomic mass is 16.5. The van der Waals surface area contributed by atoms with Crippen LogP contribution in [0.15, 0.2) is 42.5 Å². The summed E-state index contributed by atoms with van der Waals surface area (Å²) in [6, 6.07) is 15.5. The van der Waals surface area contributed by atoms with Crippen molar-refractivity contribution in [3.05, 3.63) is 64.7 Å². The molecule has 0 radical (unpaired) electrons. The summed E-state index contributed by atoms with van der Waals surface area (Å²) in [6.45, 7) is 6.40. The van der Waals surface area contributed by atoms with E-state index in [1.165, 1.54) is 5.56 Å². The molecule has 2 aromatic rings. The number of amides is 1. The van der Waals surface area contributed by atoms with Gasteiger partial charge in [0, 0.05) is 19.6 Å². The zero-order valence-electron chi connectivity index (χ0n) is 17.2. The molecule has 0 aliphatic rings. The van der Waals surface area contributed by atoms with E-state index in [1.807, 2.05) is 63.2 Å². The van der Waals surface area contributed by atoms with Gasteiger partial charge in [0.1, 0.15) is 5.75 Å². The molecule has 148 valence electrons. The van der Waals surface area contributed by atoms with Crippen LogP contribution in [0.5, 0.6) is 5.75 Å². The number of carbonyl (C=O) groups is 1. The molecule has 0 aromatic heterocycles. The SMILES string of the molecule is Cc1cccc(OCCC(=O)N(CCN(C)C)Cc2ccc(C#N)cc2)c1C. The van der Waals surface area contributed by atoms with Crippen molar-refractivity contribution in [2.24, 2.45) is 0 Å². The van der Waals surface area contributed by atoms with E-state index in [4.69, 9.17) is 10.00 Å². The number of aryl methyl sites for hydroxylation is 1. The van der Waals surface area contributed by atoms with Crippen molar-refractivity contribution in [1.82, 2.24) is 9.80 Å². The smallest absolute Gasteiger partial charge is 0.226 e. The fraction of sp³-hybridized carbons (Fsp3) is 0.391. The summed E-state index contributed by atoms with van der Waals surface area (Å²) in [7, 11) is 3.99. The molecule has 2 aromatic carbocycles. The molecule has 28 heavy (non-hydrogen) atoms. The predicted molar refractivity (Wildman–Crippen MR) is 111 cm³/mol. The summed E-state index contributed by atoms with van der Waals surface area (Å²) in [6.07, 6.45) is 0.330. The number of nitriles is 1. The molecule has 5 nitrogen and oxygen atoms in total. The van der Waals surface area contributed by atoms with Crippen LogP contribution in [-0.2, 0) is 11.3 Å². The standard InChI is InChI=1S/C23H29N3O2/c1-18-6-5-7-22(19(18)2)28-15-12-23(27)26(14-13-25(3)4)17-21-10-8-20(16-24)9-11-21/h5-11H,12-15,17H2,1-4H3. The van der Waals surface area contributed by atoms with E-state index in [2.05, 4.69) is 11.0 Å². The van der Waals surface area contributed by atoms with E-state index >= 15 is 0 Å². The summed E-state index contributed by atoms with van der Waals surface area (Å²) < 4.78 is 5.85. The van der Waals surface area contributed by atoms with Gasteiger partial charge in [-0.15, -0.1) is 0 Å². The number of ether oxygens (including phenoxy) is 1. The Morgan fingerprint density at radius 1 is 1.07 bits per heavy atom. The molecule has 5 heteroatoms. The van der Waals surface area contributed by atoms with Crippen LogP contribution in [0.3, 0.4) is 0 Å². The molecule has 0 atom stereocenters. The molecular weight excluding hydrogens is 350 g/mol. The fourth-order valence-corrected chi connectivity index (χ4v) is 2.80. The number of hydrogen-bond acceptors (Lipinski definition) is 4. The normalized spacial score (nSPS) is 10.6. The molecule has 0 unspecified atom stereocenters. The van der Waals surface area contributed by atoms with Crippen LogP contribution in [0.25, 0.3) is 0 Å². The van der Waals surface area contributed by atoms with Crippen LogP contribution >= 0.6 is 0 Å². The minimum Gasteiger partial charge on any atom is -0.493 e. The maximum atomic E-state index is 12.8. The van der Waals surface area contributed by atoms with Gasteiger partial charge in [-0.05, 0) is 62.8 Å². The van der Waals surface area contributed by atoms with Crippen LogP contribution < -0.4 is 4.74 Å². The molecule has 0 saturated heterocycles. The summed E-state index contributed by atoms with van der Waals surface area (Å²) in [5.41, 5.74) is 3.92. The van der Waals surface area contributed by atoms with E-state index in [0.717, 1.165) is 23.4 Å². The number of hydrogen-bond donors (Lipinski definition) is 0. The van der Waals surface area contributed by atoms with Crippen LogP contribution in [-0.4, -0.2) is 49.5 Å². The van der Waals surface area contributed by atoms with Crippen molar-refractivity contribution in [3.8, 4) is 11.8 Å². The first-order chi connectivity index (χ1) is 13.4. The minimum absolute atomic E-state index is 0.0662. The Labute approximate surface area is 168 Å². The Balaban J connectivity index is 1.97. The van der Waals surface area contributed by atoms with Gasteiger partial charge < -0.3 is 14.5 Å². The summed E-state index contributed by atoms with van der Waals surface area (Å²) in [5.74, 6) is 0.899. The molecule has 0 aliphatic heterocycles. The van der Waals surface area contributed by atoms with Gasteiger partial charge in [-0.2, -0.15) is 5.26 Å². The van der Waals surface area contributed by atoms with E-state index in [-0.39, 0.29) is 5.91 Å². The first-order valence-corrected chi connectivity index (χ1v) is 9.51. The zero-order valence-corrected chi connectivity index (χ0v) is 17.2. The highest BCUT2D eigenvalue weighted by molar-refractivity contribution is 5.76. The quantitative estimate of drug-likeness (QED) is 0.669. The van der Waals surface area contributed by atoms with Crippen molar-refractivity contribution < 1.29 is 9.53 Å². The Hall–Kier alpha value is -2.84. The van der Waals surface area contributed by atoms with Gasteiger partial charge in [-0.1, -0.05) is 24.3 Å². The lowest BCUT2D eigenvalue weighted by molar-refractivity contribution is -0.132. The minimum atomic E-state index is 0.0662. The summed E-state index contributed by atoms with van der Waals surface area (Å²) in [5, 5.41) is 8.94. The van der Waals surface area contributed by atoms with Crippen LogP contribution in [0.1, 0.15) is 28.7 Å². The van der Waals surface area contributed by atoms with E-state index in [0.29, 0.717) is 31.7 Å². The van der Waals surface area contributed by atoms with Crippen molar-refractivity contribution in [1.29, 1.82) is 5.26 Å². The molecule has 1 amide bonds. The first-order valence-electron chi connectivity index (χ1n) is 9.51. The number of rotatable bonds is 9. The van der Waals surface area contributed by atoms with Gasteiger partial charge in [-0.3, -0.25) is 4.79 Å². The predicted octanol–water partition coefficient (Wildman–Crippen LogP) is 3.53. The molecule has 0 fully saturated rings. The lowest BCUT2D eigenvalue weighted by Gasteiger charge is -2.25. The number of carbonyl (C=O) groups excluding carboxylic acids is 1. The first kappa shape index (κ1) is 21.5. The molecule has 0 N–H and O–H groups in total. The fourth-order valence-electron chi connectivity index (χ4n) is 2.80. The van der Waals surface area contributed by atoms with Gasteiger partial charge in [0.2, 0.25) is 5.91 Å².